The Morgan fingerprint density at radius 3 is 2.56 bits per heavy atom. The highest BCUT2D eigenvalue weighted by Crippen LogP contribution is 2.67. The minimum absolute atomic E-state index is 0.211. The Bertz CT molecular complexity index is 700. The number of allylic oxidation sites excluding steroid dienone is 2. The molecule has 0 heterocycles. The Morgan fingerprint density at radius 2 is 1.85 bits per heavy atom. The predicted molar refractivity (Wildman–Crippen MR) is 103 cm³/mol. The van der Waals surface area contributed by atoms with Crippen LogP contribution < -0.4 is 0 Å². The van der Waals surface area contributed by atoms with Gasteiger partial charge in [-0.1, -0.05) is 24.6 Å². The Kier molecular flexibility index (Phi) is 4.45. The van der Waals surface area contributed by atoms with Crippen LogP contribution in [-0.4, -0.2) is 36.6 Å². The molecule has 3 unspecified atom stereocenters. The average molecular weight is 376 g/mol. The summed E-state index contributed by atoms with van der Waals surface area (Å²) in [7, 11) is 3.00. The van der Waals surface area contributed by atoms with Gasteiger partial charge in [0, 0.05) is 5.41 Å². The van der Waals surface area contributed by atoms with E-state index >= 15 is 0 Å². The molecule has 5 heteroatoms. The predicted octanol–water partition coefficient (Wildman–Crippen LogP) is 3.86. The maximum atomic E-state index is 12.4. The molecule has 0 saturated heterocycles. The number of hydrogen-bond donors (Lipinski definition) is 1. The zero-order valence-corrected chi connectivity index (χ0v) is 17.1. The maximum absolute atomic E-state index is 12.4. The van der Waals surface area contributed by atoms with E-state index < -0.39 is 11.6 Å². The number of fused-ring (bicyclic) bond motifs is 5. The smallest absolute Gasteiger partial charge is 0.338 e. The molecule has 150 valence electrons. The number of oxime groups is 1. The number of nitrogens with zero attached hydrogens (tertiary/aromatic N) is 1. The second kappa shape index (κ2) is 6.33. The third-order valence-corrected chi connectivity index (χ3v) is 8.86. The molecular formula is C22H33NO4. The first-order valence-corrected chi connectivity index (χ1v) is 10.4. The Hall–Kier alpha value is -1.36. The molecule has 0 amide bonds. The number of methoxy groups -OCH3 is 1. The Morgan fingerprint density at radius 1 is 1.11 bits per heavy atom. The second-order valence-electron chi connectivity index (χ2n) is 9.61. The van der Waals surface area contributed by atoms with Crippen LogP contribution in [0.3, 0.4) is 0 Å². The summed E-state index contributed by atoms with van der Waals surface area (Å²) in [5, 5.41) is 15.5. The molecule has 5 nitrogen and oxygen atoms in total. The summed E-state index contributed by atoms with van der Waals surface area (Å²) in [6, 6.07) is 0. The quantitative estimate of drug-likeness (QED) is 0.588. The Labute approximate surface area is 162 Å². The van der Waals surface area contributed by atoms with Crippen LogP contribution in [0, 0.1) is 28.6 Å². The van der Waals surface area contributed by atoms with Crippen molar-refractivity contribution >= 4 is 11.7 Å². The van der Waals surface area contributed by atoms with Gasteiger partial charge in [0.15, 0.2) is 5.60 Å². The molecule has 0 bridgehead atoms. The monoisotopic (exact) mass is 375 g/mol. The lowest BCUT2D eigenvalue weighted by atomic mass is 9.46. The van der Waals surface area contributed by atoms with E-state index in [1.807, 2.05) is 0 Å². The highest BCUT2D eigenvalue weighted by atomic mass is 16.6. The number of rotatable bonds is 2. The molecule has 6 atom stereocenters. The van der Waals surface area contributed by atoms with Crippen LogP contribution >= 0.6 is 0 Å². The molecule has 4 aliphatic carbocycles. The first kappa shape index (κ1) is 19.0. The van der Waals surface area contributed by atoms with Crippen molar-refractivity contribution in [2.24, 2.45) is 33.7 Å². The summed E-state index contributed by atoms with van der Waals surface area (Å²) in [6.45, 7) is 4.57. The molecule has 4 aliphatic rings. The zero-order valence-electron chi connectivity index (χ0n) is 17.1. The van der Waals surface area contributed by atoms with Crippen molar-refractivity contribution in [1.82, 2.24) is 0 Å². The van der Waals surface area contributed by atoms with Gasteiger partial charge in [-0.2, -0.15) is 0 Å². The fourth-order valence-corrected chi connectivity index (χ4v) is 7.28. The summed E-state index contributed by atoms with van der Waals surface area (Å²) in [5.41, 5.74) is 1.11. The first-order valence-electron chi connectivity index (χ1n) is 10.4. The summed E-state index contributed by atoms with van der Waals surface area (Å²) >= 11 is 0. The summed E-state index contributed by atoms with van der Waals surface area (Å²) in [5.74, 6) is 1.16. The second-order valence-corrected chi connectivity index (χ2v) is 9.61. The molecule has 1 N–H and O–H groups in total. The molecular weight excluding hydrogens is 342 g/mol. The molecule has 0 aromatic carbocycles. The van der Waals surface area contributed by atoms with Crippen molar-refractivity contribution < 1.29 is 19.5 Å². The van der Waals surface area contributed by atoms with Crippen molar-refractivity contribution in [3.05, 3.63) is 11.6 Å². The van der Waals surface area contributed by atoms with Crippen LogP contribution in [0.5, 0.6) is 0 Å². The van der Waals surface area contributed by atoms with Gasteiger partial charge in [-0.3, -0.25) is 0 Å². The number of aliphatic hydroxyl groups is 1. The van der Waals surface area contributed by atoms with Gasteiger partial charge in [0.2, 0.25) is 0 Å². The SMILES string of the molecule is CO/N=C1/C=C2CCC3C(CC[C@@]4(C)C3CC[C@]4(O)C(=O)OC)[C@@]2(C)CC1. The van der Waals surface area contributed by atoms with E-state index in [2.05, 4.69) is 25.1 Å². The zero-order chi connectivity index (χ0) is 19.4. The molecule has 0 aromatic rings. The standard InChI is InChI=1S/C22H33NO4/c1-20-10-7-15(23-27-4)13-14(20)5-6-16-17(20)8-11-21(2)18(16)9-12-22(21,25)19(24)26-3/h13,16-18,25H,5-12H2,1-4H3/b23-15+/t16?,17?,18?,20-,21-,22-/m0/s1. The van der Waals surface area contributed by atoms with Crippen molar-refractivity contribution in [1.29, 1.82) is 0 Å². The van der Waals surface area contributed by atoms with Crippen LogP contribution in [0.1, 0.15) is 65.2 Å². The molecule has 27 heavy (non-hydrogen) atoms. The fourth-order valence-electron chi connectivity index (χ4n) is 7.28. The first-order chi connectivity index (χ1) is 12.8. The highest BCUT2D eigenvalue weighted by molar-refractivity contribution is 5.96. The van der Waals surface area contributed by atoms with Gasteiger partial charge < -0.3 is 14.7 Å². The van der Waals surface area contributed by atoms with Gasteiger partial charge in [-0.05, 0) is 80.6 Å². The third-order valence-electron chi connectivity index (χ3n) is 8.86. The summed E-state index contributed by atoms with van der Waals surface area (Å²) in [6.07, 6.45) is 10.0. The Balaban J connectivity index is 1.65. The fraction of sp³-hybridized carbons (Fsp3) is 0.818. The molecule has 0 aliphatic heterocycles. The lowest BCUT2D eigenvalue weighted by molar-refractivity contribution is -0.184. The normalized spacial score (nSPS) is 47.5. The van der Waals surface area contributed by atoms with Crippen LogP contribution in [0.25, 0.3) is 0 Å². The lowest BCUT2D eigenvalue weighted by Gasteiger charge is -2.58. The van der Waals surface area contributed by atoms with Gasteiger partial charge >= 0.3 is 5.97 Å². The van der Waals surface area contributed by atoms with E-state index in [0.717, 1.165) is 50.7 Å². The number of carbonyl (C=O) groups is 1. The molecule has 4 rings (SSSR count). The number of carbonyl (C=O) groups excluding carboxylic acids is 1. The third kappa shape index (κ3) is 2.46. The molecule has 0 spiro atoms. The van der Waals surface area contributed by atoms with E-state index in [0.29, 0.717) is 24.2 Å². The van der Waals surface area contributed by atoms with E-state index in [4.69, 9.17) is 9.57 Å². The van der Waals surface area contributed by atoms with Crippen LogP contribution in [0.2, 0.25) is 0 Å². The minimum Gasteiger partial charge on any atom is -0.467 e. The van der Waals surface area contributed by atoms with E-state index in [1.165, 1.54) is 12.7 Å². The number of hydrogen-bond acceptors (Lipinski definition) is 5. The van der Waals surface area contributed by atoms with Crippen molar-refractivity contribution in [3.8, 4) is 0 Å². The van der Waals surface area contributed by atoms with Gasteiger partial charge in [-0.15, -0.1) is 0 Å². The molecule has 3 saturated carbocycles. The van der Waals surface area contributed by atoms with E-state index in [1.54, 1.807) is 7.11 Å². The van der Waals surface area contributed by atoms with Gasteiger partial charge in [-0.25, -0.2) is 4.79 Å². The average Bonchev–Trinajstić information content (AvgIpc) is 2.94. The minimum atomic E-state index is -1.32. The van der Waals surface area contributed by atoms with E-state index in [9.17, 15) is 9.90 Å². The summed E-state index contributed by atoms with van der Waals surface area (Å²) in [4.78, 5) is 17.4. The van der Waals surface area contributed by atoms with Crippen LogP contribution in [0.15, 0.2) is 16.8 Å². The lowest BCUT2D eigenvalue weighted by Crippen LogP contribution is -2.57. The summed E-state index contributed by atoms with van der Waals surface area (Å²) < 4.78 is 5.00. The van der Waals surface area contributed by atoms with Crippen molar-refractivity contribution in [2.75, 3.05) is 14.2 Å². The van der Waals surface area contributed by atoms with Crippen LogP contribution in [0.4, 0.5) is 0 Å². The molecule has 0 radical (unpaired) electrons. The van der Waals surface area contributed by atoms with Gasteiger partial charge in [0.05, 0.1) is 12.8 Å². The molecule has 0 aromatic heterocycles. The maximum Gasteiger partial charge on any atom is 0.338 e. The van der Waals surface area contributed by atoms with Crippen molar-refractivity contribution in [3.63, 3.8) is 0 Å². The van der Waals surface area contributed by atoms with Crippen molar-refractivity contribution in [2.45, 2.75) is 70.8 Å². The van der Waals surface area contributed by atoms with E-state index in [-0.39, 0.29) is 10.8 Å². The largest absolute Gasteiger partial charge is 0.467 e. The number of ether oxygens (including phenoxy) is 1. The van der Waals surface area contributed by atoms with Gasteiger partial charge in [0.1, 0.15) is 7.11 Å². The number of esters is 1. The highest BCUT2D eigenvalue weighted by Gasteiger charge is 2.67. The molecule has 3 fully saturated rings. The van der Waals surface area contributed by atoms with Gasteiger partial charge in [0.25, 0.3) is 0 Å². The van der Waals surface area contributed by atoms with Crippen LogP contribution in [-0.2, 0) is 14.4 Å². The topological polar surface area (TPSA) is 68.1 Å².